The molecule has 0 spiro atoms. The van der Waals surface area contributed by atoms with Crippen molar-refractivity contribution in [2.45, 2.75) is 20.4 Å². The highest BCUT2D eigenvalue weighted by atomic mass is 16.2. The second-order valence-electron chi connectivity index (χ2n) is 7.06. The van der Waals surface area contributed by atoms with Crippen LogP contribution in [0.4, 0.5) is 0 Å². The van der Waals surface area contributed by atoms with Crippen molar-refractivity contribution in [2.24, 2.45) is 0 Å². The fraction of sp³-hybridized carbons (Fsp3) is 0.333. The molecule has 1 N–H and O–H groups in total. The van der Waals surface area contributed by atoms with E-state index in [2.05, 4.69) is 28.7 Å². The van der Waals surface area contributed by atoms with Gasteiger partial charge in [0.05, 0.1) is 0 Å². The number of nitrogens with one attached hydrogen (secondary N) is 1. The second-order valence-corrected chi connectivity index (χ2v) is 7.06. The molecule has 3 heterocycles. The molecule has 0 aliphatic carbocycles. The van der Waals surface area contributed by atoms with Crippen molar-refractivity contribution in [3.8, 4) is 0 Å². The molecule has 1 aromatic carbocycles. The van der Waals surface area contributed by atoms with Gasteiger partial charge in [-0.15, -0.1) is 0 Å². The standard InChI is InChI=1S/C21H24N4O/c1-15-16(2)23-20-4-3-18(13-19(15)20)21(26)25-11-9-24(10-12-25)14-17-5-7-22-8-6-17/h3-8,13,23H,9-12,14H2,1-2H3. The van der Waals surface area contributed by atoms with E-state index >= 15 is 0 Å². The molecule has 1 aliphatic heterocycles. The summed E-state index contributed by atoms with van der Waals surface area (Å²) in [6.07, 6.45) is 3.66. The van der Waals surface area contributed by atoms with Gasteiger partial charge in [-0.1, -0.05) is 0 Å². The van der Waals surface area contributed by atoms with E-state index in [0.29, 0.717) is 0 Å². The normalized spacial score (nSPS) is 15.5. The van der Waals surface area contributed by atoms with Gasteiger partial charge < -0.3 is 9.88 Å². The summed E-state index contributed by atoms with van der Waals surface area (Å²) < 4.78 is 0. The predicted molar refractivity (Wildman–Crippen MR) is 103 cm³/mol. The summed E-state index contributed by atoms with van der Waals surface area (Å²) in [6.45, 7) is 8.43. The number of aromatic amines is 1. The Kier molecular flexibility index (Phi) is 4.47. The molecule has 2 aromatic heterocycles. The number of nitrogens with zero attached hydrogens (tertiary/aromatic N) is 3. The lowest BCUT2D eigenvalue weighted by atomic mass is 10.1. The third-order valence-electron chi connectivity index (χ3n) is 5.37. The van der Waals surface area contributed by atoms with Crippen molar-refractivity contribution in [3.63, 3.8) is 0 Å². The van der Waals surface area contributed by atoms with E-state index < -0.39 is 0 Å². The van der Waals surface area contributed by atoms with Crippen molar-refractivity contribution >= 4 is 16.8 Å². The molecule has 0 saturated carbocycles. The van der Waals surface area contributed by atoms with Crippen LogP contribution in [0.15, 0.2) is 42.7 Å². The summed E-state index contributed by atoms with van der Waals surface area (Å²) in [5.74, 6) is 0.133. The van der Waals surface area contributed by atoms with Crippen LogP contribution in [0.25, 0.3) is 10.9 Å². The number of rotatable bonds is 3. The molecular formula is C21H24N4O. The zero-order valence-electron chi connectivity index (χ0n) is 15.3. The Hall–Kier alpha value is -2.66. The van der Waals surface area contributed by atoms with Crippen LogP contribution in [0.5, 0.6) is 0 Å². The largest absolute Gasteiger partial charge is 0.358 e. The molecule has 134 valence electrons. The van der Waals surface area contributed by atoms with E-state index in [0.717, 1.165) is 54.9 Å². The maximum absolute atomic E-state index is 12.9. The lowest BCUT2D eigenvalue weighted by Crippen LogP contribution is -2.48. The number of carbonyl (C=O) groups is 1. The minimum atomic E-state index is 0.133. The Labute approximate surface area is 153 Å². The van der Waals surface area contributed by atoms with Crippen molar-refractivity contribution < 1.29 is 4.79 Å². The Morgan fingerprint density at radius 3 is 2.54 bits per heavy atom. The topological polar surface area (TPSA) is 52.2 Å². The van der Waals surface area contributed by atoms with Crippen LogP contribution in [0.1, 0.15) is 27.2 Å². The Morgan fingerprint density at radius 2 is 1.81 bits per heavy atom. The van der Waals surface area contributed by atoms with Crippen LogP contribution in [0, 0.1) is 13.8 Å². The number of carbonyl (C=O) groups excluding carboxylic acids is 1. The fourth-order valence-electron chi connectivity index (χ4n) is 3.63. The first-order valence-electron chi connectivity index (χ1n) is 9.11. The molecule has 1 saturated heterocycles. The summed E-state index contributed by atoms with van der Waals surface area (Å²) in [4.78, 5) is 24.7. The zero-order chi connectivity index (χ0) is 18.1. The summed E-state index contributed by atoms with van der Waals surface area (Å²) in [6, 6.07) is 10.1. The molecule has 26 heavy (non-hydrogen) atoms. The predicted octanol–water partition coefficient (Wildman–Crippen LogP) is 3.14. The van der Waals surface area contributed by atoms with Crippen LogP contribution in [-0.4, -0.2) is 51.9 Å². The van der Waals surface area contributed by atoms with Crippen molar-refractivity contribution in [3.05, 3.63) is 65.1 Å². The number of aromatic nitrogens is 2. The Morgan fingerprint density at radius 1 is 1.08 bits per heavy atom. The number of hydrogen-bond acceptors (Lipinski definition) is 3. The average molecular weight is 348 g/mol. The van der Waals surface area contributed by atoms with E-state index in [9.17, 15) is 4.79 Å². The lowest BCUT2D eigenvalue weighted by Gasteiger charge is -2.34. The summed E-state index contributed by atoms with van der Waals surface area (Å²) >= 11 is 0. The molecule has 0 atom stereocenters. The Bertz CT molecular complexity index is 924. The molecular weight excluding hydrogens is 324 g/mol. The number of aryl methyl sites for hydroxylation is 2. The first-order valence-corrected chi connectivity index (χ1v) is 9.11. The van der Waals surface area contributed by atoms with E-state index in [-0.39, 0.29) is 5.91 Å². The zero-order valence-corrected chi connectivity index (χ0v) is 15.3. The van der Waals surface area contributed by atoms with Crippen LogP contribution in [0.3, 0.4) is 0 Å². The third kappa shape index (κ3) is 3.22. The minimum absolute atomic E-state index is 0.133. The van der Waals surface area contributed by atoms with Crippen LogP contribution in [-0.2, 0) is 6.54 Å². The van der Waals surface area contributed by atoms with Gasteiger partial charge >= 0.3 is 0 Å². The van der Waals surface area contributed by atoms with Crippen molar-refractivity contribution in [1.82, 2.24) is 19.8 Å². The minimum Gasteiger partial charge on any atom is -0.358 e. The molecule has 5 nitrogen and oxygen atoms in total. The molecule has 1 amide bonds. The highest BCUT2D eigenvalue weighted by Gasteiger charge is 2.22. The van der Waals surface area contributed by atoms with Crippen molar-refractivity contribution in [2.75, 3.05) is 26.2 Å². The summed E-state index contributed by atoms with van der Waals surface area (Å²) in [5.41, 5.74) is 5.52. The van der Waals surface area contributed by atoms with Gasteiger partial charge in [0.1, 0.15) is 0 Å². The summed E-state index contributed by atoms with van der Waals surface area (Å²) in [7, 11) is 0. The number of fused-ring (bicyclic) bond motifs is 1. The second kappa shape index (κ2) is 6.92. The molecule has 4 rings (SSSR count). The van der Waals surface area contributed by atoms with Gasteiger partial charge in [0, 0.05) is 67.3 Å². The van der Waals surface area contributed by atoms with Crippen LogP contribution < -0.4 is 0 Å². The van der Waals surface area contributed by atoms with Gasteiger partial charge in [0.25, 0.3) is 5.91 Å². The van der Waals surface area contributed by atoms with Gasteiger partial charge in [0.2, 0.25) is 0 Å². The van der Waals surface area contributed by atoms with Crippen LogP contribution >= 0.6 is 0 Å². The molecule has 0 bridgehead atoms. The van der Waals surface area contributed by atoms with Gasteiger partial charge in [-0.2, -0.15) is 0 Å². The average Bonchev–Trinajstić information content (AvgIpc) is 2.96. The molecule has 5 heteroatoms. The maximum Gasteiger partial charge on any atom is 0.253 e. The van der Waals surface area contributed by atoms with E-state index in [1.807, 2.05) is 47.6 Å². The SMILES string of the molecule is Cc1[nH]c2ccc(C(=O)N3CCN(Cc4ccncc4)CC3)cc2c1C. The monoisotopic (exact) mass is 348 g/mol. The molecule has 1 fully saturated rings. The van der Waals surface area contributed by atoms with Crippen LogP contribution in [0.2, 0.25) is 0 Å². The highest BCUT2D eigenvalue weighted by Crippen LogP contribution is 2.23. The first-order chi connectivity index (χ1) is 12.6. The smallest absolute Gasteiger partial charge is 0.253 e. The fourth-order valence-corrected chi connectivity index (χ4v) is 3.63. The van der Waals surface area contributed by atoms with E-state index in [4.69, 9.17) is 0 Å². The van der Waals surface area contributed by atoms with Gasteiger partial charge in [-0.3, -0.25) is 14.7 Å². The number of benzene rings is 1. The Balaban J connectivity index is 1.42. The quantitative estimate of drug-likeness (QED) is 0.791. The maximum atomic E-state index is 12.9. The number of pyridine rings is 1. The first kappa shape index (κ1) is 16.8. The molecule has 0 unspecified atom stereocenters. The number of H-pyrrole nitrogens is 1. The van der Waals surface area contributed by atoms with Gasteiger partial charge in [-0.25, -0.2) is 0 Å². The molecule has 0 radical (unpaired) electrons. The lowest BCUT2D eigenvalue weighted by molar-refractivity contribution is 0.0628. The number of amides is 1. The number of hydrogen-bond donors (Lipinski definition) is 1. The van der Waals surface area contributed by atoms with E-state index in [1.165, 1.54) is 11.1 Å². The van der Waals surface area contributed by atoms with Gasteiger partial charge in [-0.05, 0) is 55.3 Å². The highest BCUT2D eigenvalue weighted by molar-refractivity contribution is 5.99. The molecule has 3 aromatic rings. The number of piperazine rings is 1. The third-order valence-corrected chi connectivity index (χ3v) is 5.37. The van der Waals surface area contributed by atoms with E-state index in [1.54, 1.807) is 0 Å². The van der Waals surface area contributed by atoms with Crippen molar-refractivity contribution in [1.29, 1.82) is 0 Å². The molecule has 1 aliphatic rings. The summed E-state index contributed by atoms with van der Waals surface area (Å²) in [5, 5.41) is 1.14. The van der Waals surface area contributed by atoms with Gasteiger partial charge in [0.15, 0.2) is 0 Å².